The van der Waals surface area contributed by atoms with Crippen LogP contribution in [0.4, 0.5) is 0 Å². The van der Waals surface area contributed by atoms with Gasteiger partial charge in [-0.25, -0.2) is 4.99 Å². The largest absolute Gasteiger partial charge is 0.445 e. The standard InChI is InChI=1S/C9H14BrNO.BrH/c1-6(2)9(4)8(5-10)12-7(3)11-9;/h5-6H,1-4H3;1H. The normalized spacial score (nSPS) is 30.0. The Morgan fingerprint density at radius 2 is 2.08 bits per heavy atom. The SMILES string of the molecule is Br.CC1=NC(C)(C(C)C)C(=CBr)O1. The summed E-state index contributed by atoms with van der Waals surface area (Å²) in [5, 5.41) is 0. The zero-order valence-corrected chi connectivity index (χ0v) is 11.6. The third kappa shape index (κ3) is 2.34. The quantitative estimate of drug-likeness (QED) is 0.724. The van der Waals surface area contributed by atoms with Crippen molar-refractivity contribution in [3.8, 4) is 0 Å². The van der Waals surface area contributed by atoms with Crippen molar-refractivity contribution in [2.75, 3.05) is 0 Å². The molecule has 0 saturated carbocycles. The molecule has 0 aromatic rings. The van der Waals surface area contributed by atoms with Crippen LogP contribution in [0.2, 0.25) is 0 Å². The maximum Gasteiger partial charge on any atom is 0.187 e. The molecule has 0 spiro atoms. The van der Waals surface area contributed by atoms with Crippen LogP contribution in [0.15, 0.2) is 15.7 Å². The zero-order valence-electron chi connectivity index (χ0n) is 8.30. The van der Waals surface area contributed by atoms with Gasteiger partial charge in [-0.2, -0.15) is 0 Å². The van der Waals surface area contributed by atoms with Crippen LogP contribution in [-0.2, 0) is 4.74 Å². The third-order valence-corrected chi connectivity index (χ3v) is 2.79. The second kappa shape index (κ2) is 4.60. The number of ether oxygens (including phenoxy) is 1. The van der Waals surface area contributed by atoms with Gasteiger partial charge in [-0.1, -0.05) is 29.8 Å². The van der Waals surface area contributed by atoms with Crippen molar-refractivity contribution >= 4 is 38.8 Å². The van der Waals surface area contributed by atoms with E-state index in [1.807, 2.05) is 11.9 Å². The van der Waals surface area contributed by atoms with Gasteiger partial charge in [-0.3, -0.25) is 0 Å². The Morgan fingerprint density at radius 1 is 1.54 bits per heavy atom. The molecule has 1 atom stereocenters. The molecular weight excluding hydrogens is 298 g/mol. The number of halogens is 2. The molecule has 0 fully saturated rings. The van der Waals surface area contributed by atoms with Gasteiger partial charge in [0.25, 0.3) is 0 Å². The highest BCUT2D eigenvalue weighted by Gasteiger charge is 2.38. The maximum absolute atomic E-state index is 5.45. The fourth-order valence-electron chi connectivity index (χ4n) is 1.21. The maximum atomic E-state index is 5.45. The van der Waals surface area contributed by atoms with Crippen molar-refractivity contribution in [1.82, 2.24) is 0 Å². The van der Waals surface area contributed by atoms with Crippen LogP contribution in [0.3, 0.4) is 0 Å². The average molecular weight is 313 g/mol. The first kappa shape index (κ1) is 13.2. The van der Waals surface area contributed by atoms with Crippen LogP contribution in [-0.4, -0.2) is 11.4 Å². The lowest BCUT2D eigenvalue weighted by Gasteiger charge is -2.24. The first-order valence-electron chi connectivity index (χ1n) is 4.06. The Balaban J connectivity index is 0.00000144. The highest BCUT2D eigenvalue weighted by atomic mass is 79.9. The first-order chi connectivity index (χ1) is 5.50. The molecule has 0 radical (unpaired) electrons. The van der Waals surface area contributed by atoms with Crippen molar-refractivity contribution in [2.45, 2.75) is 33.2 Å². The summed E-state index contributed by atoms with van der Waals surface area (Å²) in [4.78, 5) is 6.28. The molecule has 13 heavy (non-hydrogen) atoms. The van der Waals surface area contributed by atoms with Crippen LogP contribution < -0.4 is 0 Å². The molecular formula is C9H15Br2NO. The Hall–Kier alpha value is 0.170. The fourth-order valence-corrected chi connectivity index (χ4v) is 1.77. The third-order valence-electron chi connectivity index (χ3n) is 2.37. The molecule has 0 aromatic carbocycles. The number of hydrogen-bond acceptors (Lipinski definition) is 2. The molecule has 0 aliphatic carbocycles. The molecule has 0 N–H and O–H groups in total. The molecule has 0 amide bonds. The lowest BCUT2D eigenvalue weighted by molar-refractivity contribution is 0.312. The van der Waals surface area contributed by atoms with Gasteiger partial charge in [0, 0.05) is 11.9 Å². The zero-order chi connectivity index (χ0) is 9.35. The summed E-state index contributed by atoms with van der Waals surface area (Å²) >= 11 is 3.29. The van der Waals surface area contributed by atoms with Gasteiger partial charge in [0.15, 0.2) is 5.90 Å². The van der Waals surface area contributed by atoms with E-state index in [2.05, 4.69) is 41.7 Å². The number of aliphatic imine (C=N–C) groups is 1. The van der Waals surface area contributed by atoms with E-state index in [1.165, 1.54) is 0 Å². The molecule has 0 saturated heterocycles. The number of hydrogen-bond donors (Lipinski definition) is 0. The molecule has 76 valence electrons. The van der Waals surface area contributed by atoms with Crippen LogP contribution in [0.25, 0.3) is 0 Å². The topological polar surface area (TPSA) is 21.6 Å². The minimum atomic E-state index is -0.187. The highest BCUT2D eigenvalue weighted by molar-refractivity contribution is 9.11. The van der Waals surface area contributed by atoms with E-state index in [0.29, 0.717) is 5.92 Å². The summed E-state index contributed by atoms with van der Waals surface area (Å²) in [5.41, 5.74) is -0.187. The van der Waals surface area contributed by atoms with Crippen molar-refractivity contribution in [3.63, 3.8) is 0 Å². The smallest absolute Gasteiger partial charge is 0.187 e. The molecule has 0 aromatic heterocycles. The highest BCUT2D eigenvalue weighted by Crippen LogP contribution is 2.36. The molecule has 1 aliphatic heterocycles. The average Bonchev–Trinajstić information content (AvgIpc) is 2.27. The molecule has 1 heterocycles. The summed E-state index contributed by atoms with van der Waals surface area (Å²) < 4.78 is 5.45. The van der Waals surface area contributed by atoms with Crippen molar-refractivity contribution in [1.29, 1.82) is 0 Å². The Bertz CT molecular complexity index is 248. The van der Waals surface area contributed by atoms with Crippen LogP contribution in [0.5, 0.6) is 0 Å². The van der Waals surface area contributed by atoms with Gasteiger partial charge in [0.2, 0.25) is 0 Å². The Labute approximate surface area is 98.4 Å². The molecule has 1 rings (SSSR count). The van der Waals surface area contributed by atoms with Gasteiger partial charge in [0.1, 0.15) is 11.3 Å². The predicted octanol–water partition coefficient (Wildman–Crippen LogP) is 3.66. The van der Waals surface area contributed by atoms with E-state index < -0.39 is 0 Å². The molecule has 2 nitrogen and oxygen atoms in total. The number of nitrogens with zero attached hydrogens (tertiary/aromatic N) is 1. The van der Waals surface area contributed by atoms with Gasteiger partial charge < -0.3 is 4.74 Å². The van der Waals surface area contributed by atoms with Gasteiger partial charge >= 0.3 is 0 Å². The second-order valence-corrected chi connectivity index (χ2v) is 3.97. The van der Waals surface area contributed by atoms with E-state index in [9.17, 15) is 0 Å². The van der Waals surface area contributed by atoms with Crippen LogP contribution in [0, 0.1) is 5.92 Å². The summed E-state index contributed by atoms with van der Waals surface area (Å²) in [7, 11) is 0. The predicted molar refractivity (Wildman–Crippen MR) is 64.8 cm³/mol. The summed E-state index contributed by atoms with van der Waals surface area (Å²) in [6.45, 7) is 8.25. The lowest BCUT2D eigenvalue weighted by atomic mass is 9.88. The Kier molecular flexibility index (Phi) is 4.66. The van der Waals surface area contributed by atoms with Crippen molar-refractivity contribution in [3.05, 3.63) is 10.7 Å². The molecule has 1 unspecified atom stereocenters. The monoisotopic (exact) mass is 311 g/mol. The van der Waals surface area contributed by atoms with Gasteiger partial charge in [-0.15, -0.1) is 17.0 Å². The van der Waals surface area contributed by atoms with E-state index in [1.54, 1.807) is 0 Å². The fraction of sp³-hybridized carbons (Fsp3) is 0.667. The lowest BCUT2D eigenvalue weighted by Crippen LogP contribution is -2.28. The summed E-state index contributed by atoms with van der Waals surface area (Å²) in [5.74, 6) is 2.09. The first-order valence-corrected chi connectivity index (χ1v) is 4.97. The van der Waals surface area contributed by atoms with Crippen molar-refractivity contribution < 1.29 is 4.74 Å². The minimum absolute atomic E-state index is 0. The summed E-state index contributed by atoms with van der Waals surface area (Å²) in [6, 6.07) is 0. The van der Waals surface area contributed by atoms with Gasteiger partial charge in [0.05, 0.1) is 0 Å². The van der Waals surface area contributed by atoms with E-state index in [0.717, 1.165) is 11.7 Å². The second-order valence-electron chi connectivity index (χ2n) is 3.51. The molecule has 4 heteroatoms. The summed E-state index contributed by atoms with van der Waals surface area (Å²) in [6.07, 6.45) is 0. The molecule has 1 aliphatic rings. The number of rotatable bonds is 1. The minimum Gasteiger partial charge on any atom is -0.445 e. The van der Waals surface area contributed by atoms with Crippen LogP contribution >= 0.6 is 32.9 Å². The molecule has 0 bridgehead atoms. The van der Waals surface area contributed by atoms with E-state index in [-0.39, 0.29) is 22.5 Å². The van der Waals surface area contributed by atoms with Gasteiger partial charge in [-0.05, 0) is 12.8 Å². The van der Waals surface area contributed by atoms with Crippen LogP contribution in [0.1, 0.15) is 27.7 Å². The van der Waals surface area contributed by atoms with Crippen molar-refractivity contribution in [2.24, 2.45) is 10.9 Å². The Morgan fingerprint density at radius 3 is 2.38 bits per heavy atom. The van der Waals surface area contributed by atoms with E-state index >= 15 is 0 Å². The van der Waals surface area contributed by atoms with E-state index in [4.69, 9.17) is 4.74 Å².